The molecule has 1 aromatic carbocycles. The molecule has 2 aromatic rings. The number of rotatable bonds is 7. The van der Waals surface area contributed by atoms with Gasteiger partial charge in [-0.25, -0.2) is 0 Å². The molecule has 8 heteroatoms. The molecule has 2 amide bonds. The van der Waals surface area contributed by atoms with Crippen LogP contribution in [0, 0.1) is 0 Å². The zero-order valence-corrected chi connectivity index (χ0v) is 21.7. The summed E-state index contributed by atoms with van der Waals surface area (Å²) in [6.07, 6.45) is 6.08. The van der Waals surface area contributed by atoms with Gasteiger partial charge in [-0.1, -0.05) is 18.5 Å². The molecule has 2 aliphatic heterocycles. The Kier molecular flexibility index (Phi) is 7.55. The van der Waals surface area contributed by atoms with Crippen molar-refractivity contribution in [2.24, 2.45) is 5.73 Å². The maximum atomic E-state index is 13.3. The lowest BCUT2D eigenvalue weighted by molar-refractivity contribution is -0.133. The lowest BCUT2D eigenvalue weighted by Gasteiger charge is -2.35. The summed E-state index contributed by atoms with van der Waals surface area (Å²) in [7, 11) is 0. The van der Waals surface area contributed by atoms with Crippen LogP contribution in [-0.2, 0) is 10.3 Å². The van der Waals surface area contributed by atoms with Gasteiger partial charge in [0.15, 0.2) is 0 Å². The predicted molar refractivity (Wildman–Crippen MR) is 140 cm³/mol. The third kappa shape index (κ3) is 4.83. The van der Waals surface area contributed by atoms with Crippen LogP contribution in [0.4, 0.5) is 5.69 Å². The Morgan fingerprint density at radius 1 is 1.26 bits per heavy atom. The maximum absolute atomic E-state index is 13.3. The number of likely N-dealkylation sites (tertiary alicyclic amines) is 1. The van der Waals surface area contributed by atoms with Crippen LogP contribution in [0.3, 0.4) is 0 Å². The molecule has 1 aromatic heterocycles. The predicted octanol–water partition coefficient (Wildman–Crippen LogP) is 4.81. The Labute approximate surface area is 211 Å². The molecule has 2 aliphatic rings. The summed E-state index contributed by atoms with van der Waals surface area (Å²) in [6, 6.07) is 7.10. The van der Waals surface area contributed by atoms with Gasteiger partial charge >= 0.3 is 0 Å². The molecule has 34 heavy (non-hydrogen) atoms. The average Bonchev–Trinajstić information content (AvgIpc) is 3.03. The SMILES string of the molecule is CCSCC[C@H](N)C(=O)N1CCC(c2cncc(N3C(=O)c4ccc(Cl)cc4C3(C)C)c2)CC1. The van der Waals surface area contributed by atoms with E-state index in [0.717, 1.165) is 47.6 Å². The maximum Gasteiger partial charge on any atom is 0.259 e. The molecule has 0 radical (unpaired) electrons. The summed E-state index contributed by atoms with van der Waals surface area (Å²) < 4.78 is 0. The van der Waals surface area contributed by atoms with Crippen molar-refractivity contribution in [3.63, 3.8) is 0 Å². The van der Waals surface area contributed by atoms with Gasteiger partial charge in [-0.05, 0) is 85.9 Å². The summed E-state index contributed by atoms with van der Waals surface area (Å²) in [5.74, 6) is 2.27. The quantitative estimate of drug-likeness (QED) is 0.552. The Bertz CT molecular complexity index is 1070. The van der Waals surface area contributed by atoms with Gasteiger partial charge in [0.2, 0.25) is 5.91 Å². The van der Waals surface area contributed by atoms with E-state index in [1.165, 1.54) is 0 Å². The molecule has 1 atom stereocenters. The highest BCUT2D eigenvalue weighted by molar-refractivity contribution is 7.99. The smallest absolute Gasteiger partial charge is 0.259 e. The van der Waals surface area contributed by atoms with Crippen LogP contribution in [0.2, 0.25) is 5.02 Å². The number of thioether (sulfide) groups is 1. The molecule has 0 unspecified atom stereocenters. The van der Waals surface area contributed by atoms with E-state index in [2.05, 4.69) is 18.0 Å². The fourth-order valence-electron chi connectivity index (χ4n) is 5.08. The lowest BCUT2D eigenvalue weighted by atomic mass is 9.89. The van der Waals surface area contributed by atoms with Gasteiger partial charge in [0, 0.05) is 29.9 Å². The second-order valence-corrected chi connectivity index (χ2v) is 11.4. The normalized spacial score (nSPS) is 18.8. The Morgan fingerprint density at radius 2 is 2.00 bits per heavy atom. The van der Waals surface area contributed by atoms with Gasteiger partial charge in [-0.15, -0.1) is 0 Å². The molecule has 6 nitrogen and oxygen atoms in total. The Balaban J connectivity index is 1.45. The van der Waals surface area contributed by atoms with Crippen molar-refractivity contribution in [2.75, 3.05) is 29.5 Å². The Hall–Kier alpha value is -2.09. The standard InChI is InChI=1S/C26H33ClN4O2S/c1-4-34-12-9-23(28)25(33)30-10-7-17(8-11-30)18-13-20(16-29-15-18)31-24(32)21-6-5-19(27)14-22(21)26(31,2)3/h5-6,13-17,23H,4,7-12,28H2,1-3H3/t23-/m0/s1. The number of benzene rings is 1. The van der Waals surface area contributed by atoms with E-state index in [9.17, 15) is 9.59 Å². The molecular formula is C26H33ClN4O2S. The molecule has 1 saturated heterocycles. The van der Waals surface area contributed by atoms with Crippen LogP contribution in [-0.4, -0.2) is 52.3 Å². The van der Waals surface area contributed by atoms with Gasteiger partial charge in [0.05, 0.1) is 23.5 Å². The van der Waals surface area contributed by atoms with E-state index in [4.69, 9.17) is 17.3 Å². The number of hydrogen-bond acceptors (Lipinski definition) is 5. The average molecular weight is 501 g/mol. The zero-order valence-electron chi connectivity index (χ0n) is 20.1. The van der Waals surface area contributed by atoms with Crippen LogP contribution >= 0.6 is 23.4 Å². The first-order valence-electron chi connectivity index (χ1n) is 12.0. The summed E-state index contributed by atoms with van der Waals surface area (Å²) in [6.45, 7) is 7.57. The van der Waals surface area contributed by atoms with Crippen molar-refractivity contribution in [3.8, 4) is 0 Å². The van der Waals surface area contributed by atoms with Crippen LogP contribution in [0.5, 0.6) is 0 Å². The lowest BCUT2D eigenvalue weighted by Crippen LogP contribution is -2.47. The molecule has 0 spiro atoms. The van der Waals surface area contributed by atoms with Crippen molar-refractivity contribution < 1.29 is 9.59 Å². The van der Waals surface area contributed by atoms with Crippen molar-refractivity contribution in [1.82, 2.24) is 9.88 Å². The monoisotopic (exact) mass is 500 g/mol. The van der Waals surface area contributed by atoms with Gasteiger partial charge in [0.25, 0.3) is 5.91 Å². The first-order chi connectivity index (χ1) is 16.2. The van der Waals surface area contributed by atoms with Gasteiger partial charge < -0.3 is 10.6 Å². The molecule has 3 heterocycles. The van der Waals surface area contributed by atoms with E-state index in [1.54, 1.807) is 18.3 Å². The molecule has 0 bridgehead atoms. The summed E-state index contributed by atoms with van der Waals surface area (Å²) in [4.78, 5) is 34.2. The number of halogens is 1. The number of nitrogens with two attached hydrogens (primary N) is 1. The van der Waals surface area contributed by atoms with Crippen molar-refractivity contribution in [3.05, 3.63) is 58.4 Å². The largest absolute Gasteiger partial charge is 0.341 e. The number of pyridine rings is 1. The van der Waals surface area contributed by atoms with Crippen LogP contribution in [0.1, 0.15) is 67.4 Å². The Morgan fingerprint density at radius 3 is 2.71 bits per heavy atom. The fourth-order valence-corrected chi connectivity index (χ4v) is 5.96. The topological polar surface area (TPSA) is 79.5 Å². The first-order valence-corrected chi connectivity index (χ1v) is 13.5. The van der Waals surface area contributed by atoms with Gasteiger partial charge in [-0.2, -0.15) is 11.8 Å². The van der Waals surface area contributed by atoms with E-state index in [0.29, 0.717) is 29.6 Å². The molecule has 2 N–H and O–H groups in total. The number of carbonyl (C=O) groups excluding carboxylic acids is 2. The number of anilines is 1. The number of aromatic nitrogens is 1. The third-order valence-electron chi connectivity index (χ3n) is 7.01. The first kappa shape index (κ1) is 25.0. The van der Waals surface area contributed by atoms with Gasteiger partial charge in [-0.3, -0.25) is 19.5 Å². The molecule has 0 saturated carbocycles. The van der Waals surface area contributed by atoms with E-state index >= 15 is 0 Å². The summed E-state index contributed by atoms with van der Waals surface area (Å²) in [5, 5.41) is 0.624. The molecule has 1 fully saturated rings. The second kappa shape index (κ2) is 10.3. The van der Waals surface area contributed by atoms with Crippen LogP contribution in [0.25, 0.3) is 0 Å². The number of hydrogen-bond donors (Lipinski definition) is 1. The number of amides is 2. The zero-order chi connectivity index (χ0) is 24.5. The highest BCUT2D eigenvalue weighted by atomic mass is 35.5. The highest BCUT2D eigenvalue weighted by Gasteiger charge is 2.44. The molecule has 182 valence electrons. The van der Waals surface area contributed by atoms with Gasteiger partial charge in [0.1, 0.15) is 0 Å². The number of piperidine rings is 1. The summed E-state index contributed by atoms with van der Waals surface area (Å²) in [5.41, 5.74) is 9.12. The number of fused-ring (bicyclic) bond motifs is 1. The minimum atomic E-state index is -0.528. The van der Waals surface area contributed by atoms with E-state index in [1.807, 2.05) is 47.7 Å². The van der Waals surface area contributed by atoms with Crippen LogP contribution < -0.4 is 10.6 Å². The summed E-state index contributed by atoms with van der Waals surface area (Å²) >= 11 is 8.04. The molecule has 4 rings (SSSR count). The minimum Gasteiger partial charge on any atom is -0.341 e. The van der Waals surface area contributed by atoms with Crippen molar-refractivity contribution in [1.29, 1.82) is 0 Å². The number of nitrogens with zero attached hydrogens (tertiary/aromatic N) is 3. The minimum absolute atomic E-state index is 0.0359. The number of carbonyl (C=O) groups is 2. The fraction of sp³-hybridized carbons (Fsp3) is 0.500. The third-order valence-corrected chi connectivity index (χ3v) is 8.18. The van der Waals surface area contributed by atoms with Crippen LogP contribution in [0.15, 0.2) is 36.7 Å². The van der Waals surface area contributed by atoms with E-state index < -0.39 is 11.6 Å². The van der Waals surface area contributed by atoms with Crippen molar-refractivity contribution >= 4 is 40.9 Å². The molecule has 0 aliphatic carbocycles. The van der Waals surface area contributed by atoms with E-state index in [-0.39, 0.29) is 11.8 Å². The van der Waals surface area contributed by atoms with Crippen molar-refractivity contribution in [2.45, 2.75) is 57.5 Å². The molecular weight excluding hydrogens is 468 g/mol. The highest BCUT2D eigenvalue weighted by Crippen LogP contribution is 2.43. The second-order valence-electron chi connectivity index (χ2n) is 9.56.